The van der Waals surface area contributed by atoms with E-state index in [9.17, 15) is 22.8 Å². The van der Waals surface area contributed by atoms with Crippen LogP contribution in [0.15, 0.2) is 73.3 Å². The van der Waals surface area contributed by atoms with E-state index in [1.807, 2.05) is 6.08 Å². The first-order valence-electron chi connectivity index (χ1n) is 14.7. The Morgan fingerprint density at radius 2 is 1.88 bits per heavy atom. The van der Waals surface area contributed by atoms with Crippen LogP contribution in [0.2, 0.25) is 0 Å². The van der Waals surface area contributed by atoms with Crippen LogP contribution in [0, 0.1) is 17.7 Å². The summed E-state index contributed by atoms with van der Waals surface area (Å²) in [4.78, 5) is 42.2. The number of nitrogens with zero attached hydrogens (tertiary/aromatic N) is 5. The van der Waals surface area contributed by atoms with Crippen molar-refractivity contribution >= 4 is 34.5 Å². The average Bonchev–Trinajstić information content (AvgIpc) is 3.46. The van der Waals surface area contributed by atoms with Crippen molar-refractivity contribution < 1.29 is 27.2 Å². The van der Waals surface area contributed by atoms with E-state index in [0.29, 0.717) is 30.6 Å². The molecule has 0 saturated carbocycles. The van der Waals surface area contributed by atoms with Crippen LogP contribution in [0.5, 0.6) is 0 Å². The number of carbonyl (C=O) groups is 2. The maximum Gasteiger partial charge on any atom is 0.416 e. The van der Waals surface area contributed by atoms with E-state index in [0.717, 1.165) is 30.0 Å². The molecule has 48 heavy (non-hydrogen) atoms. The molecule has 0 bridgehead atoms. The van der Waals surface area contributed by atoms with E-state index in [4.69, 9.17) is 10.7 Å². The third kappa shape index (κ3) is 6.43. The van der Waals surface area contributed by atoms with Gasteiger partial charge in [0.2, 0.25) is 0 Å². The lowest BCUT2D eigenvalue weighted by Gasteiger charge is -2.21. The van der Waals surface area contributed by atoms with E-state index in [-0.39, 0.29) is 51.7 Å². The summed E-state index contributed by atoms with van der Waals surface area (Å²) in [5.41, 5.74) is 6.90. The molecule has 1 aliphatic rings. The van der Waals surface area contributed by atoms with Gasteiger partial charge in [0.05, 0.1) is 11.3 Å². The Morgan fingerprint density at radius 3 is 2.60 bits per heavy atom. The van der Waals surface area contributed by atoms with Crippen LogP contribution in [-0.4, -0.2) is 42.2 Å². The number of rotatable bonds is 6. The molecular weight excluding hydrogens is 628 g/mol. The first-order valence-corrected chi connectivity index (χ1v) is 14.7. The minimum Gasteiger partial charge on any atom is -0.382 e. The fraction of sp³-hybridized carbons (Fsp3) is 0.176. The number of nitrogen functional groups attached to an aromatic ring is 1. The number of nitrogens with two attached hydrogens (primary N) is 1. The van der Waals surface area contributed by atoms with Gasteiger partial charge in [-0.1, -0.05) is 12.0 Å². The maximum atomic E-state index is 15.8. The number of alkyl halides is 3. The Kier molecular flexibility index (Phi) is 8.60. The van der Waals surface area contributed by atoms with Gasteiger partial charge >= 0.3 is 6.18 Å². The van der Waals surface area contributed by atoms with E-state index < -0.39 is 23.5 Å². The molecule has 1 unspecified atom stereocenters. The zero-order valence-corrected chi connectivity index (χ0v) is 25.3. The van der Waals surface area contributed by atoms with Crippen molar-refractivity contribution in [3.8, 4) is 34.4 Å². The lowest BCUT2D eigenvalue weighted by molar-refractivity contribution is -0.137. The number of carbonyl (C=O) groups excluding carboxylic acids is 2. The van der Waals surface area contributed by atoms with Gasteiger partial charge in [-0.15, -0.1) is 0 Å². The Labute approximate surface area is 271 Å². The smallest absolute Gasteiger partial charge is 0.382 e. The summed E-state index contributed by atoms with van der Waals surface area (Å²) in [6.07, 6.45) is 4.71. The number of pyridine rings is 2. The quantitative estimate of drug-likeness (QED) is 0.153. The highest BCUT2D eigenvalue weighted by Gasteiger charge is 2.31. The molecule has 1 aliphatic carbocycles. The first-order chi connectivity index (χ1) is 23.0. The maximum absolute atomic E-state index is 15.8. The summed E-state index contributed by atoms with van der Waals surface area (Å²) in [5.74, 6) is 3.81. The summed E-state index contributed by atoms with van der Waals surface area (Å²) in [7, 11) is 0. The molecule has 2 amide bonds. The van der Waals surface area contributed by atoms with E-state index >= 15 is 4.39 Å². The van der Waals surface area contributed by atoms with Crippen molar-refractivity contribution in [2.24, 2.45) is 0 Å². The topological polar surface area (TPSA) is 140 Å². The predicted molar refractivity (Wildman–Crippen MR) is 170 cm³/mol. The summed E-state index contributed by atoms with van der Waals surface area (Å²) in [6, 6.07) is 8.38. The third-order valence-corrected chi connectivity index (χ3v) is 7.74. The zero-order chi connectivity index (χ0) is 34.0. The molecular formula is C34H26F4N8O2. The largest absolute Gasteiger partial charge is 0.416 e. The number of hydrogen-bond acceptors (Lipinski definition) is 7. The van der Waals surface area contributed by atoms with Gasteiger partial charge in [0, 0.05) is 47.5 Å². The molecule has 5 aromatic rings. The summed E-state index contributed by atoms with van der Waals surface area (Å²) in [5, 5.41) is 5.43. The Hall–Kier alpha value is -6.10. The molecule has 0 aliphatic heterocycles. The van der Waals surface area contributed by atoms with Crippen LogP contribution in [0.1, 0.15) is 47.9 Å². The molecule has 4 N–H and O–H groups in total. The Morgan fingerprint density at radius 1 is 1.04 bits per heavy atom. The first kappa shape index (κ1) is 31.9. The van der Waals surface area contributed by atoms with Gasteiger partial charge in [-0.05, 0) is 80.1 Å². The van der Waals surface area contributed by atoms with Crippen LogP contribution in [0.3, 0.4) is 0 Å². The normalized spacial score (nSPS) is 14.5. The Balaban J connectivity index is 1.28. The standard InChI is InChI=1S/C34H26F4N8O2/c1-2-4-27(47)43-22-9-6-19(7-10-22)32-44-28(29-30(39)41-15-16-46(29)32)23-11-8-20(17-25(23)35)33(48)45-31-24(5-3-13-42-31)26-18-21(12-14-40-26)34(36,37)38/h3,5-6,8,11-18,22H,7,9-10H2,1H3,(H2,39,41)(H,43,47)(H,42,45,48). The molecule has 0 fully saturated rings. The van der Waals surface area contributed by atoms with E-state index in [2.05, 4.69) is 37.4 Å². The minimum atomic E-state index is -4.59. The van der Waals surface area contributed by atoms with Crippen LogP contribution >= 0.6 is 0 Å². The monoisotopic (exact) mass is 654 g/mol. The number of anilines is 2. The molecule has 1 atom stereocenters. The van der Waals surface area contributed by atoms with Gasteiger partial charge in [-0.25, -0.2) is 19.3 Å². The van der Waals surface area contributed by atoms with Gasteiger partial charge in [-0.3, -0.25) is 19.0 Å². The number of aromatic nitrogens is 5. The van der Waals surface area contributed by atoms with E-state index in [1.165, 1.54) is 36.7 Å². The number of halogens is 4. The minimum absolute atomic E-state index is 0.0525. The van der Waals surface area contributed by atoms with Crippen molar-refractivity contribution in [3.63, 3.8) is 0 Å². The summed E-state index contributed by atoms with van der Waals surface area (Å²) < 4.78 is 57.4. The van der Waals surface area contributed by atoms with Crippen LogP contribution < -0.4 is 16.4 Å². The van der Waals surface area contributed by atoms with Crippen molar-refractivity contribution in [1.82, 2.24) is 29.7 Å². The SMILES string of the molecule is CC#CC(=O)NC1CC=C(c2nc(-c3ccc(C(=O)Nc4ncccc4-c4cc(C(F)(F)F)ccn4)cc3F)c3c(N)nccn23)CC1. The number of amides is 2. The third-order valence-electron chi connectivity index (χ3n) is 7.74. The molecule has 14 heteroatoms. The second-order valence-corrected chi connectivity index (χ2v) is 10.8. The molecule has 4 aromatic heterocycles. The van der Waals surface area contributed by atoms with Crippen LogP contribution in [0.25, 0.3) is 33.6 Å². The lowest BCUT2D eigenvalue weighted by Crippen LogP contribution is -2.34. The second kappa shape index (κ2) is 13.0. The van der Waals surface area contributed by atoms with Gasteiger partial charge in [0.25, 0.3) is 11.8 Å². The fourth-order valence-electron chi connectivity index (χ4n) is 5.48. The number of hydrogen-bond donors (Lipinski definition) is 3. The fourth-order valence-corrected chi connectivity index (χ4v) is 5.48. The Bertz CT molecular complexity index is 2160. The second-order valence-electron chi connectivity index (χ2n) is 10.8. The highest BCUT2D eigenvalue weighted by molar-refractivity contribution is 6.06. The van der Waals surface area contributed by atoms with Crippen molar-refractivity contribution in [1.29, 1.82) is 0 Å². The van der Waals surface area contributed by atoms with Crippen LogP contribution in [-0.2, 0) is 11.0 Å². The lowest BCUT2D eigenvalue weighted by atomic mass is 9.94. The van der Waals surface area contributed by atoms with Gasteiger partial charge in [0.15, 0.2) is 0 Å². The van der Waals surface area contributed by atoms with Gasteiger partial charge in [0.1, 0.15) is 34.5 Å². The zero-order valence-electron chi connectivity index (χ0n) is 25.3. The summed E-state index contributed by atoms with van der Waals surface area (Å²) in [6.45, 7) is 1.59. The number of allylic oxidation sites excluding steroid dienone is 1. The predicted octanol–water partition coefficient (Wildman–Crippen LogP) is 5.92. The molecule has 0 spiro atoms. The molecule has 242 valence electrons. The van der Waals surface area contributed by atoms with E-state index in [1.54, 1.807) is 17.5 Å². The molecule has 1 aromatic carbocycles. The van der Waals surface area contributed by atoms with Crippen molar-refractivity contribution in [2.75, 3.05) is 11.1 Å². The van der Waals surface area contributed by atoms with Gasteiger partial charge < -0.3 is 16.4 Å². The summed E-state index contributed by atoms with van der Waals surface area (Å²) >= 11 is 0. The average molecular weight is 655 g/mol. The molecule has 4 heterocycles. The molecule has 10 nitrogen and oxygen atoms in total. The molecule has 6 rings (SSSR count). The molecule has 0 radical (unpaired) electrons. The number of benzene rings is 1. The van der Waals surface area contributed by atoms with Crippen molar-refractivity contribution in [2.45, 2.75) is 38.4 Å². The number of imidazole rings is 1. The number of fused-ring (bicyclic) bond motifs is 1. The van der Waals surface area contributed by atoms with Crippen molar-refractivity contribution in [3.05, 3.63) is 96.1 Å². The van der Waals surface area contributed by atoms with Gasteiger partial charge in [-0.2, -0.15) is 13.2 Å². The highest BCUT2D eigenvalue weighted by Crippen LogP contribution is 2.36. The molecule has 0 saturated heterocycles. The number of nitrogens with one attached hydrogen (secondary N) is 2. The highest BCUT2D eigenvalue weighted by atomic mass is 19.4. The van der Waals surface area contributed by atoms with Crippen LogP contribution in [0.4, 0.5) is 29.2 Å².